The van der Waals surface area contributed by atoms with Gasteiger partial charge in [-0.25, -0.2) is 5.43 Å². The molecule has 2 rings (SSSR count). The lowest BCUT2D eigenvalue weighted by molar-refractivity contribution is 0.0955. The molecule has 0 spiro atoms. The van der Waals surface area contributed by atoms with Gasteiger partial charge >= 0.3 is 0 Å². The van der Waals surface area contributed by atoms with Gasteiger partial charge < -0.3 is 0 Å². The fraction of sp³-hybridized carbons (Fsp3) is 0.263. The van der Waals surface area contributed by atoms with Crippen molar-refractivity contribution in [3.05, 3.63) is 68.8 Å². The van der Waals surface area contributed by atoms with Crippen molar-refractivity contribution in [2.45, 2.75) is 33.1 Å². The Morgan fingerprint density at radius 3 is 2.00 bits per heavy atom. The highest BCUT2D eigenvalue weighted by atomic mass is 127. The molecule has 120 valence electrons. The monoisotopic (exact) mass is 420 g/mol. The molecule has 0 fully saturated rings. The van der Waals surface area contributed by atoms with Crippen LogP contribution in [0.5, 0.6) is 0 Å². The van der Waals surface area contributed by atoms with Crippen molar-refractivity contribution in [1.29, 1.82) is 0 Å². The number of hydrogen-bond donors (Lipinski definition) is 1. The Morgan fingerprint density at radius 1 is 0.957 bits per heavy atom. The Balaban J connectivity index is 2.07. The smallest absolute Gasteiger partial charge is 0.267 e. The fourth-order valence-corrected chi connectivity index (χ4v) is 2.44. The van der Waals surface area contributed by atoms with Crippen molar-refractivity contribution in [2.75, 3.05) is 0 Å². The molecule has 0 heterocycles. The van der Waals surface area contributed by atoms with Gasteiger partial charge in [-0.1, -0.05) is 45.0 Å². The molecule has 0 atom stereocenters. The van der Waals surface area contributed by atoms with Gasteiger partial charge in [-0.3, -0.25) is 4.79 Å². The molecule has 0 aliphatic rings. The van der Waals surface area contributed by atoms with E-state index in [1.165, 1.54) is 9.13 Å². The highest BCUT2D eigenvalue weighted by molar-refractivity contribution is 14.1. The van der Waals surface area contributed by atoms with Crippen LogP contribution in [0.3, 0.4) is 0 Å². The van der Waals surface area contributed by atoms with E-state index in [4.69, 9.17) is 0 Å². The number of halogens is 1. The Hall–Kier alpha value is -1.69. The van der Waals surface area contributed by atoms with Gasteiger partial charge in [-0.15, -0.1) is 0 Å². The van der Waals surface area contributed by atoms with E-state index >= 15 is 0 Å². The summed E-state index contributed by atoms with van der Waals surface area (Å²) in [6.07, 6.45) is 0. The van der Waals surface area contributed by atoms with E-state index in [1.807, 2.05) is 55.5 Å². The number of amides is 1. The summed E-state index contributed by atoms with van der Waals surface area (Å²) in [6, 6.07) is 15.7. The molecule has 0 bridgehead atoms. The summed E-state index contributed by atoms with van der Waals surface area (Å²) in [5.41, 5.74) is 6.28. The number of nitrogens with one attached hydrogen (secondary N) is 1. The van der Waals surface area contributed by atoms with Crippen LogP contribution in [0.2, 0.25) is 0 Å². The zero-order chi connectivity index (χ0) is 17.0. The van der Waals surface area contributed by atoms with E-state index in [0.717, 1.165) is 11.3 Å². The summed E-state index contributed by atoms with van der Waals surface area (Å²) in [6.45, 7) is 8.33. The maximum Gasteiger partial charge on any atom is 0.271 e. The zero-order valence-electron chi connectivity index (χ0n) is 13.9. The molecule has 2 aromatic carbocycles. The third-order valence-corrected chi connectivity index (χ3v) is 4.32. The second-order valence-corrected chi connectivity index (χ2v) is 7.72. The minimum Gasteiger partial charge on any atom is -0.267 e. The maximum absolute atomic E-state index is 12.2. The number of hydrogen-bond acceptors (Lipinski definition) is 2. The van der Waals surface area contributed by atoms with Crippen LogP contribution < -0.4 is 5.43 Å². The molecule has 1 N–H and O–H groups in total. The first-order chi connectivity index (χ1) is 10.8. The molecule has 0 radical (unpaired) electrons. The second kappa shape index (κ2) is 7.25. The predicted octanol–water partition coefficient (Wildman–Crippen LogP) is 4.74. The quantitative estimate of drug-likeness (QED) is 0.435. The van der Waals surface area contributed by atoms with Crippen LogP contribution in [0.25, 0.3) is 0 Å². The maximum atomic E-state index is 12.2. The molecule has 1 amide bonds. The largest absolute Gasteiger partial charge is 0.271 e. The lowest BCUT2D eigenvalue weighted by Crippen LogP contribution is -2.20. The number of nitrogens with zero attached hydrogens (tertiary/aromatic N) is 1. The summed E-state index contributed by atoms with van der Waals surface area (Å²) < 4.78 is 1.17. The van der Waals surface area contributed by atoms with Gasteiger partial charge in [0.25, 0.3) is 5.91 Å². The Labute approximate surface area is 151 Å². The third kappa shape index (κ3) is 4.89. The molecular formula is C19H21IN2O. The first-order valence-corrected chi connectivity index (χ1v) is 8.56. The molecule has 0 aliphatic carbocycles. The van der Waals surface area contributed by atoms with Crippen molar-refractivity contribution in [2.24, 2.45) is 5.10 Å². The lowest BCUT2D eigenvalue weighted by Gasteiger charge is -2.18. The van der Waals surface area contributed by atoms with E-state index in [9.17, 15) is 4.79 Å². The normalized spacial score (nSPS) is 12.1. The molecular weight excluding hydrogens is 399 g/mol. The second-order valence-electron chi connectivity index (χ2n) is 6.47. The van der Waals surface area contributed by atoms with Crippen LogP contribution >= 0.6 is 22.6 Å². The van der Waals surface area contributed by atoms with Gasteiger partial charge in [0.2, 0.25) is 0 Å². The lowest BCUT2D eigenvalue weighted by atomic mass is 9.87. The van der Waals surface area contributed by atoms with E-state index in [2.05, 4.69) is 53.9 Å². The number of hydrazone groups is 1. The molecule has 0 saturated carbocycles. The number of benzene rings is 2. The first-order valence-electron chi connectivity index (χ1n) is 7.48. The molecule has 2 aromatic rings. The van der Waals surface area contributed by atoms with Crippen molar-refractivity contribution in [3.63, 3.8) is 0 Å². The fourth-order valence-electron chi connectivity index (χ4n) is 2.08. The van der Waals surface area contributed by atoms with Crippen LogP contribution in [0.4, 0.5) is 0 Å². The molecule has 0 unspecified atom stereocenters. The van der Waals surface area contributed by atoms with Gasteiger partial charge in [0, 0.05) is 9.13 Å². The Kier molecular flexibility index (Phi) is 5.57. The van der Waals surface area contributed by atoms with Crippen LogP contribution in [0.15, 0.2) is 53.6 Å². The van der Waals surface area contributed by atoms with Crippen molar-refractivity contribution in [3.8, 4) is 0 Å². The number of rotatable bonds is 3. The average Bonchev–Trinajstić information content (AvgIpc) is 2.52. The average molecular weight is 420 g/mol. The molecule has 4 heteroatoms. The number of carbonyl (C=O) groups is 1. The van der Waals surface area contributed by atoms with Gasteiger partial charge in [-0.2, -0.15) is 5.10 Å². The highest BCUT2D eigenvalue weighted by Gasteiger charge is 2.14. The van der Waals surface area contributed by atoms with Gasteiger partial charge in [0.05, 0.1) is 5.71 Å². The summed E-state index contributed by atoms with van der Waals surface area (Å²) >= 11 is 2.26. The van der Waals surface area contributed by atoms with E-state index in [-0.39, 0.29) is 11.3 Å². The summed E-state index contributed by atoms with van der Waals surface area (Å²) in [5, 5.41) is 4.19. The summed E-state index contributed by atoms with van der Waals surface area (Å²) in [5.74, 6) is -0.199. The SMILES string of the molecule is C/C(=N/NC(=O)c1ccc(C(C)(C)C)cc1)c1ccc(I)cc1. The third-order valence-electron chi connectivity index (χ3n) is 3.60. The van der Waals surface area contributed by atoms with Crippen molar-refractivity contribution >= 4 is 34.2 Å². The van der Waals surface area contributed by atoms with Crippen LogP contribution in [0, 0.1) is 3.57 Å². The van der Waals surface area contributed by atoms with E-state index < -0.39 is 0 Å². The minimum atomic E-state index is -0.199. The van der Waals surface area contributed by atoms with E-state index in [0.29, 0.717) is 5.56 Å². The number of carbonyl (C=O) groups excluding carboxylic acids is 1. The van der Waals surface area contributed by atoms with Gasteiger partial charge in [-0.05, 0) is 70.3 Å². The predicted molar refractivity (Wildman–Crippen MR) is 104 cm³/mol. The van der Waals surface area contributed by atoms with Crippen molar-refractivity contribution in [1.82, 2.24) is 5.43 Å². The Bertz CT molecular complexity index is 711. The van der Waals surface area contributed by atoms with Crippen LogP contribution in [0.1, 0.15) is 49.2 Å². The van der Waals surface area contributed by atoms with Gasteiger partial charge in [0.15, 0.2) is 0 Å². The van der Waals surface area contributed by atoms with Gasteiger partial charge in [0.1, 0.15) is 0 Å². The minimum absolute atomic E-state index is 0.0779. The first kappa shape index (κ1) is 17.7. The Morgan fingerprint density at radius 2 is 1.48 bits per heavy atom. The van der Waals surface area contributed by atoms with Crippen LogP contribution in [-0.4, -0.2) is 11.6 Å². The topological polar surface area (TPSA) is 41.5 Å². The molecule has 0 aliphatic heterocycles. The van der Waals surface area contributed by atoms with Crippen molar-refractivity contribution < 1.29 is 4.79 Å². The molecule has 0 saturated heterocycles. The highest BCUT2D eigenvalue weighted by Crippen LogP contribution is 2.22. The molecule has 23 heavy (non-hydrogen) atoms. The van der Waals surface area contributed by atoms with E-state index in [1.54, 1.807) is 0 Å². The standard InChI is InChI=1S/C19H21IN2O/c1-13(14-7-11-17(20)12-8-14)21-22-18(23)15-5-9-16(10-6-15)19(2,3)4/h5-12H,1-4H3,(H,22,23)/b21-13-. The molecule has 3 nitrogen and oxygen atoms in total. The zero-order valence-corrected chi connectivity index (χ0v) is 16.0. The summed E-state index contributed by atoms with van der Waals surface area (Å²) in [4.78, 5) is 12.2. The van der Waals surface area contributed by atoms with Crippen LogP contribution in [-0.2, 0) is 5.41 Å². The summed E-state index contributed by atoms with van der Waals surface area (Å²) in [7, 11) is 0. The molecule has 0 aromatic heterocycles.